The summed E-state index contributed by atoms with van der Waals surface area (Å²) in [5, 5.41) is 22.9. The zero-order chi connectivity index (χ0) is 44.5. The molecule has 0 N–H and O–H groups in total. The molecule has 0 radical (unpaired) electrons. The molecule has 0 spiro atoms. The van der Waals surface area contributed by atoms with E-state index in [1.165, 1.54) is 153 Å². The van der Waals surface area contributed by atoms with E-state index in [0.717, 1.165) is 0 Å². The number of rotatable bonds is 5. The van der Waals surface area contributed by atoms with Crippen LogP contribution in [0, 0.1) is 0 Å². The zero-order valence-corrected chi connectivity index (χ0v) is 37.1. The first-order valence-corrected chi connectivity index (χ1v) is 23.7. The summed E-state index contributed by atoms with van der Waals surface area (Å²) < 4.78 is 0. The van der Waals surface area contributed by atoms with Crippen molar-refractivity contribution in [2.75, 3.05) is 0 Å². The summed E-state index contributed by atoms with van der Waals surface area (Å²) in [4.78, 5) is 0. The summed E-state index contributed by atoms with van der Waals surface area (Å²) in [7, 11) is 0. The Morgan fingerprint density at radius 2 is 0.632 bits per heavy atom. The van der Waals surface area contributed by atoms with Crippen molar-refractivity contribution >= 4 is 97.0 Å². The average molecular weight is 857 g/mol. The van der Waals surface area contributed by atoms with Crippen LogP contribution in [0.25, 0.3) is 153 Å². The Kier molecular flexibility index (Phi) is 7.88. The van der Waals surface area contributed by atoms with E-state index in [0.29, 0.717) is 0 Å². The standard InChI is InChI=1S/C68H40/c1-2-12-42(13-3-1)52-21-10-22-55-60(52)38-51(53-33-29-47-26-24-43-15-8-17-45-31-35-58(53)67(47)64(43)45)39-61(55)62-40-63(56-34-30-48-27-25-44-16-9-18-46-32-36-59(56)68(48)65(44)46)66(57-20-7-6-19-54(57)62)50-28-23-41-11-4-5-14-49(41)37-50/h1-40H. The molecule has 68 heavy (non-hydrogen) atoms. The SMILES string of the molecule is c1ccc(-c2cccc3c(-c4cc(-c5ccc6ccc7cccc8ccc5c6c78)c(-c5ccc6ccccc6c5)c5ccccc45)cc(-c4ccc5ccc6cccc7ccc4c5c67)cc23)cc1. The number of hydrogen-bond acceptors (Lipinski definition) is 0. The molecule has 0 nitrogen and oxygen atoms in total. The minimum atomic E-state index is 1.21. The van der Waals surface area contributed by atoms with Gasteiger partial charge in [0, 0.05) is 0 Å². The molecule has 15 aromatic rings. The molecule has 0 bridgehead atoms. The molecule has 0 aromatic heterocycles. The van der Waals surface area contributed by atoms with Crippen LogP contribution in [0.1, 0.15) is 0 Å². The van der Waals surface area contributed by atoms with Crippen LogP contribution in [0.3, 0.4) is 0 Å². The van der Waals surface area contributed by atoms with E-state index in [-0.39, 0.29) is 0 Å². The van der Waals surface area contributed by atoms with E-state index in [2.05, 4.69) is 243 Å². The minimum absolute atomic E-state index is 1.21. The fourth-order valence-corrected chi connectivity index (χ4v) is 12.1. The molecule has 0 aliphatic carbocycles. The van der Waals surface area contributed by atoms with Crippen LogP contribution in [0.5, 0.6) is 0 Å². The second-order valence-corrected chi connectivity index (χ2v) is 18.7. The predicted molar refractivity (Wildman–Crippen MR) is 294 cm³/mol. The van der Waals surface area contributed by atoms with Crippen LogP contribution in [0.2, 0.25) is 0 Å². The van der Waals surface area contributed by atoms with Crippen LogP contribution < -0.4 is 0 Å². The van der Waals surface area contributed by atoms with Crippen molar-refractivity contribution in [3.8, 4) is 55.6 Å². The minimum Gasteiger partial charge on any atom is -0.0622 e. The summed E-state index contributed by atoms with van der Waals surface area (Å²) in [6.07, 6.45) is 0. The fraction of sp³-hybridized carbons (Fsp3) is 0. The maximum Gasteiger partial charge on any atom is -0.00206 e. The van der Waals surface area contributed by atoms with Crippen molar-refractivity contribution < 1.29 is 0 Å². The lowest BCUT2D eigenvalue weighted by Crippen LogP contribution is -1.95. The van der Waals surface area contributed by atoms with Gasteiger partial charge in [-0.05, 0) is 177 Å². The van der Waals surface area contributed by atoms with Crippen molar-refractivity contribution in [3.63, 3.8) is 0 Å². The van der Waals surface area contributed by atoms with Gasteiger partial charge in [-0.25, -0.2) is 0 Å². The van der Waals surface area contributed by atoms with E-state index < -0.39 is 0 Å². The number of fused-ring (bicyclic) bond motifs is 3. The largest absolute Gasteiger partial charge is 0.0622 e. The third-order valence-corrected chi connectivity index (χ3v) is 15.1. The van der Waals surface area contributed by atoms with Gasteiger partial charge in [0.2, 0.25) is 0 Å². The topological polar surface area (TPSA) is 0 Å². The van der Waals surface area contributed by atoms with E-state index >= 15 is 0 Å². The average Bonchev–Trinajstić information content (AvgIpc) is 3.41. The second-order valence-electron chi connectivity index (χ2n) is 18.7. The van der Waals surface area contributed by atoms with Crippen molar-refractivity contribution in [1.82, 2.24) is 0 Å². The van der Waals surface area contributed by atoms with E-state index in [1.807, 2.05) is 0 Å². The molecular formula is C68H40. The molecule has 15 rings (SSSR count). The second kappa shape index (κ2) is 14.3. The van der Waals surface area contributed by atoms with Crippen LogP contribution in [-0.4, -0.2) is 0 Å². The summed E-state index contributed by atoms with van der Waals surface area (Å²) in [6.45, 7) is 0. The summed E-state index contributed by atoms with van der Waals surface area (Å²) in [6, 6.07) is 91.5. The van der Waals surface area contributed by atoms with Gasteiger partial charge in [-0.15, -0.1) is 0 Å². The molecule has 0 aliphatic heterocycles. The van der Waals surface area contributed by atoms with Gasteiger partial charge in [-0.3, -0.25) is 0 Å². The Morgan fingerprint density at radius 1 is 0.162 bits per heavy atom. The van der Waals surface area contributed by atoms with Crippen molar-refractivity contribution in [2.24, 2.45) is 0 Å². The van der Waals surface area contributed by atoms with Crippen LogP contribution in [-0.2, 0) is 0 Å². The summed E-state index contributed by atoms with van der Waals surface area (Å²) in [5.41, 5.74) is 12.3. The van der Waals surface area contributed by atoms with E-state index in [4.69, 9.17) is 0 Å². The van der Waals surface area contributed by atoms with Gasteiger partial charge in [0.1, 0.15) is 0 Å². The van der Waals surface area contributed by atoms with Gasteiger partial charge in [0.25, 0.3) is 0 Å². The normalized spacial score (nSPS) is 12.1. The molecule has 0 aliphatic rings. The predicted octanol–water partition coefficient (Wildman–Crippen LogP) is 19.3. The van der Waals surface area contributed by atoms with E-state index in [1.54, 1.807) is 0 Å². The molecule has 0 fully saturated rings. The lowest BCUT2D eigenvalue weighted by Gasteiger charge is -2.22. The number of hydrogen-bond donors (Lipinski definition) is 0. The molecule has 15 aromatic carbocycles. The third-order valence-electron chi connectivity index (χ3n) is 15.1. The summed E-state index contributed by atoms with van der Waals surface area (Å²) in [5.74, 6) is 0. The molecular weight excluding hydrogens is 817 g/mol. The lowest BCUT2D eigenvalue weighted by molar-refractivity contribution is 1.62. The first-order valence-electron chi connectivity index (χ1n) is 23.7. The Morgan fingerprint density at radius 3 is 1.34 bits per heavy atom. The van der Waals surface area contributed by atoms with Gasteiger partial charge < -0.3 is 0 Å². The highest BCUT2D eigenvalue weighted by Gasteiger charge is 2.23. The molecule has 0 saturated carbocycles. The number of benzene rings is 15. The van der Waals surface area contributed by atoms with Crippen molar-refractivity contribution in [2.45, 2.75) is 0 Å². The van der Waals surface area contributed by atoms with Gasteiger partial charge in [-0.1, -0.05) is 218 Å². The first-order chi connectivity index (χ1) is 33.7. The highest BCUT2D eigenvalue weighted by molar-refractivity contribution is 6.28. The molecule has 0 amide bonds. The highest BCUT2D eigenvalue weighted by atomic mass is 14.3. The van der Waals surface area contributed by atoms with Crippen molar-refractivity contribution in [1.29, 1.82) is 0 Å². The van der Waals surface area contributed by atoms with Crippen LogP contribution in [0.15, 0.2) is 243 Å². The lowest BCUT2D eigenvalue weighted by atomic mass is 9.81. The fourth-order valence-electron chi connectivity index (χ4n) is 12.1. The maximum absolute atomic E-state index is 2.54. The highest BCUT2D eigenvalue weighted by Crippen LogP contribution is 2.50. The Labute approximate surface area is 393 Å². The molecule has 0 atom stereocenters. The summed E-state index contributed by atoms with van der Waals surface area (Å²) >= 11 is 0. The maximum atomic E-state index is 2.54. The van der Waals surface area contributed by atoms with Gasteiger partial charge in [0.15, 0.2) is 0 Å². The molecule has 0 heteroatoms. The molecule has 0 saturated heterocycles. The monoisotopic (exact) mass is 856 g/mol. The molecule has 0 unspecified atom stereocenters. The van der Waals surface area contributed by atoms with Crippen LogP contribution >= 0.6 is 0 Å². The Balaban J connectivity index is 1.09. The van der Waals surface area contributed by atoms with Gasteiger partial charge in [0.05, 0.1) is 0 Å². The Hall–Kier alpha value is -8.84. The van der Waals surface area contributed by atoms with Gasteiger partial charge >= 0.3 is 0 Å². The Bertz CT molecular complexity index is 4500. The van der Waals surface area contributed by atoms with Gasteiger partial charge in [-0.2, -0.15) is 0 Å². The third kappa shape index (κ3) is 5.43. The quantitative estimate of drug-likeness (QED) is 0.151. The van der Waals surface area contributed by atoms with Crippen molar-refractivity contribution in [3.05, 3.63) is 243 Å². The zero-order valence-electron chi connectivity index (χ0n) is 37.1. The molecule has 312 valence electrons. The first kappa shape index (κ1) is 37.4. The smallest absolute Gasteiger partial charge is 0.00206 e. The molecule has 0 heterocycles. The van der Waals surface area contributed by atoms with Crippen LogP contribution in [0.4, 0.5) is 0 Å². The van der Waals surface area contributed by atoms with E-state index in [9.17, 15) is 0 Å².